The van der Waals surface area contributed by atoms with Crippen LogP contribution < -0.4 is 4.74 Å². The first kappa shape index (κ1) is 14.3. The molecule has 1 saturated heterocycles. The van der Waals surface area contributed by atoms with Crippen LogP contribution in [0.25, 0.3) is 6.08 Å². The number of benzene rings is 1. The van der Waals surface area contributed by atoms with Gasteiger partial charge >= 0.3 is 0 Å². The van der Waals surface area contributed by atoms with Gasteiger partial charge in [0.05, 0.1) is 7.11 Å². The monoisotopic (exact) mass is 288 g/mol. The molecule has 0 aromatic heterocycles. The van der Waals surface area contributed by atoms with E-state index in [2.05, 4.69) is 6.58 Å². The van der Waals surface area contributed by atoms with Crippen molar-refractivity contribution in [3.63, 3.8) is 0 Å². The molecule has 0 radical (unpaired) electrons. The summed E-state index contributed by atoms with van der Waals surface area (Å²) in [5.74, 6) is 0.676. The van der Waals surface area contributed by atoms with Crippen molar-refractivity contribution in [2.45, 2.75) is 0 Å². The third-order valence-electron chi connectivity index (χ3n) is 3.07. The van der Waals surface area contributed by atoms with Gasteiger partial charge in [-0.2, -0.15) is 0 Å². The maximum absolute atomic E-state index is 12.3. The number of nitrogens with zero attached hydrogens (tertiary/aromatic N) is 2. The van der Waals surface area contributed by atoms with Crippen molar-refractivity contribution in [3.8, 4) is 5.75 Å². The quantitative estimate of drug-likeness (QED) is 0.483. The van der Waals surface area contributed by atoms with Gasteiger partial charge in [0.25, 0.3) is 5.91 Å². The zero-order chi connectivity index (χ0) is 14.7. The summed E-state index contributed by atoms with van der Waals surface area (Å²) in [4.78, 5) is 15.5. The highest BCUT2D eigenvalue weighted by Gasteiger charge is 2.34. The Morgan fingerprint density at radius 3 is 2.55 bits per heavy atom. The van der Waals surface area contributed by atoms with Crippen molar-refractivity contribution in [2.24, 2.45) is 0 Å². The van der Waals surface area contributed by atoms with Gasteiger partial charge in [-0.05, 0) is 36.0 Å². The van der Waals surface area contributed by atoms with E-state index in [0.29, 0.717) is 17.4 Å². The first-order valence-electron chi connectivity index (χ1n) is 6.14. The summed E-state index contributed by atoms with van der Waals surface area (Å²) < 4.78 is 5.11. The van der Waals surface area contributed by atoms with Crippen molar-refractivity contribution in [3.05, 3.63) is 48.2 Å². The second kappa shape index (κ2) is 5.88. The van der Waals surface area contributed by atoms with Gasteiger partial charge in [-0.25, -0.2) is 0 Å². The number of carbonyl (C=O) groups excluding carboxylic acids is 1. The number of rotatable bonds is 4. The Kier molecular flexibility index (Phi) is 4.20. The van der Waals surface area contributed by atoms with Crippen molar-refractivity contribution in [1.82, 2.24) is 9.80 Å². The molecule has 1 aromatic rings. The van der Waals surface area contributed by atoms with Gasteiger partial charge in [-0.15, -0.1) is 6.58 Å². The molecule has 0 bridgehead atoms. The molecule has 0 saturated carbocycles. The molecule has 1 aliphatic heterocycles. The normalized spacial score (nSPS) is 17.0. The number of carbonyl (C=O) groups is 1. The van der Waals surface area contributed by atoms with Crippen LogP contribution in [0.2, 0.25) is 0 Å². The molecule has 2 rings (SSSR count). The van der Waals surface area contributed by atoms with Gasteiger partial charge in [0, 0.05) is 13.6 Å². The van der Waals surface area contributed by atoms with Crippen molar-refractivity contribution >= 4 is 29.3 Å². The summed E-state index contributed by atoms with van der Waals surface area (Å²) in [6, 6.07) is 7.50. The zero-order valence-corrected chi connectivity index (χ0v) is 12.3. The van der Waals surface area contributed by atoms with E-state index in [-0.39, 0.29) is 5.91 Å². The summed E-state index contributed by atoms with van der Waals surface area (Å²) in [5.41, 5.74) is 1.48. The SMILES string of the molecule is C=CCN1C(=O)/C(=C\c2ccc(OC)cc2)N(C)C1=S. The van der Waals surface area contributed by atoms with Gasteiger partial charge in [0.2, 0.25) is 0 Å². The van der Waals surface area contributed by atoms with Crippen LogP contribution in [0.5, 0.6) is 5.75 Å². The minimum Gasteiger partial charge on any atom is -0.497 e. The van der Waals surface area contributed by atoms with Gasteiger partial charge in [0.15, 0.2) is 5.11 Å². The smallest absolute Gasteiger partial charge is 0.277 e. The molecule has 0 aliphatic carbocycles. The summed E-state index contributed by atoms with van der Waals surface area (Å²) in [6.45, 7) is 4.06. The summed E-state index contributed by atoms with van der Waals surface area (Å²) in [5, 5.41) is 0.495. The second-order valence-electron chi connectivity index (χ2n) is 4.35. The third-order valence-corrected chi connectivity index (χ3v) is 3.57. The van der Waals surface area contributed by atoms with E-state index in [1.54, 1.807) is 25.1 Å². The highest BCUT2D eigenvalue weighted by atomic mass is 32.1. The number of thiocarbonyl (C=S) groups is 1. The standard InChI is InChI=1S/C15H16N2O2S/c1-4-9-17-14(18)13(16(2)15(17)20)10-11-5-7-12(19-3)8-6-11/h4-8,10H,1,9H2,2-3H3/b13-10+. The van der Waals surface area contributed by atoms with E-state index < -0.39 is 0 Å². The first-order chi connectivity index (χ1) is 9.58. The van der Waals surface area contributed by atoms with E-state index in [0.717, 1.165) is 11.3 Å². The molecule has 104 valence electrons. The minimum atomic E-state index is -0.104. The largest absolute Gasteiger partial charge is 0.497 e. The predicted molar refractivity (Wildman–Crippen MR) is 83.2 cm³/mol. The first-order valence-corrected chi connectivity index (χ1v) is 6.55. The predicted octanol–water partition coefficient (Wildman–Crippen LogP) is 2.28. The van der Waals surface area contributed by atoms with E-state index in [1.807, 2.05) is 30.3 Å². The maximum atomic E-state index is 12.3. The average molecular weight is 288 g/mol. The Morgan fingerprint density at radius 1 is 1.35 bits per heavy atom. The van der Waals surface area contributed by atoms with Crippen LogP contribution in [-0.2, 0) is 4.79 Å². The van der Waals surface area contributed by atoms with Gasteiger partial charge < -0.3 is 9.64 Å². The number of hydrogen-bond acceptors (Lipinski definition) is 3. The Morgan fingerprint density at radius 2 is 2.00 bits per heavy atom. The van der Waals surface area contributed by atoms with Gasteiger partial charge in [0.1, 0.15) is 11.4 Å². The van der Waals surface area contributed by atoms with Gasteiger partial charge in [-0.3, -0.25) is 9.69 Å². The van der Waals surface area contributed by atoms with E-state index in [9.17, 15) is 4.79 Å². The molecule has 1 amide bonds. The topological polar surface area (TPSA) is 32.8 Å². The second-order valence-corrected chi connectivity index (χ2v) is 4.71. The molecule has 0 spiro atoms. The Bertz CT molecular complexity index is 578. The number of amides is 1. The zero-order valence-electron chi connectivity index (χ0n) is 11.5. The molecule has 4 nitrogen and oxygen atoms in total. The minimum absolute atomic E-state index is 0.104. The van der Waals surface area contributed by atoms with Gasteiger partial charge in [-0.1, -0.05) is 18.2 Å². The molecular formula is C15H16N2O2S. The third kappa shape index (κ3) is 2.58. The lowest BCUT2D eigenvalue weighted by molar-refractivity contribution is -0.122. The van der Waals surface area contributed by atoms with Crippen LogP contribution in [0.15, 0.2) is 42.6 Å². The van der Waals surface area contributed by atoms with E-state index >= 15 is 0 Å². The highest BCUT2D eigenvalue weighted by Crippen LogP contribution is 2.22. The summed E-state index contributed by atoms with van der Waals surface area (Å²) >= 11 is 5.26. The van der Waals surface area contributed by atoms with E-state index in [1.165, 1.54) is 4.90 Å². The lowest BCUT2D eigenvalue weighted by atomic mass is 10.2. The molecular weight excluding hydrogens is 272 g/mol. The fraction of sp³-hybridized carbons (Fsp3) is 0.200. The Balaban J connectivity index is 2.30. The highest BCUT2D eigenvalue weighted by molar-refractivity contribution is 7.80. The molecule has 1 fully saturated rings. The van der Waals surface area contributed by atoms with Crippen LogP contribution in [0, 0.1) is 0 Å². The Labute approximate surface area is 123 Å². The molecule has 5 heteroatoms. The fourth-order valence-corrected chi connectivity index (χ4v) is 2.22. The van der Waals surface area contributed by atoms with Crippen molar-refractivity contribution in [2.75, 3.05) is 20.7 Å². The number of hydrogen-bond donors (Lipinski definition) is 0. The molecule has 1 aliphatic rings. The molecule has 1 heterocycles. The van der Waals surface area contributed by atoms with Crippen molar-refractivity contribution < 1.29 is 9.53 Å². The molecule has 0 unspecified atom stereocenters. The fourth-order valence-electron chi connectivity index (χ4n) is 1.96. The van der Waals surface area contributed by atoms with Crippen molar-refractivity contribution in [1.29, 1.82) is 0 Å². The van der Waals surface area contributed by atoms with Crippen LogP contribution in [0.4, 0.5) is 0 Å². The van der Waals surface area contributed by atoms with Crippen LogP contribution in [0.3, 0.4) is 0 Å². The Hall–Kier alpha value is -2.14. The molecule has 20 heavy (non-hydrogen) atoms. The number of ether oxygens (including phenoxy) is 1. The molecule has 0 atom stereocenters. The summed E-state index contributed by atoms with van der Waals surface area (Å²) in [6.07, 6.45) is 3.48. The maximum Gasteiger partial charge on any atom is 0.277 e. The lowest BCUT2D eigenvalue weighted by Gasteiger charge is -2.13. The number of likely N-dealkylation sites (N-methyl/N-ethyl adjacent to an activating group) is 1. The molecule has 0 N–H and O–H groups in total. The van der Waals surface area contributed by atoms with Crippen LogP contribution in [-0.4, -0.2) is 41.5 Å². The lowest BCUT2D eigenvalue weighted by Crippen LogP contribution is -2.31. The average Bonchev–Trinajstić information content (AvgIpc) is 2.66. The number of methoxy groups -OCH3 is 1. The van der Waals surface area contributed by atoms with Crippen LogP contribution >= 0.6 is 12.2 Å². The van der Waals surface area contributed by atoms with E-state index in [4.69, 9.17) is 17.0 Å². The van der Waals surface area contributed by atoms with Crippen LogP contribution in [0.1, 0.15) is 5.56 Å². The molecule has 1 aromatic carbocycles. The summed E-state index contributed by atoms with van der Waals surface area (Å²) in [7, 11) is 3.41.